The van der Waals surface area contributed by atoms with Crippen molar-refractivity contribution in [3.05, 3.63) is 42.2 Å². The number of piperidine rings is 1. The van der Waals surface area contributed by atoms with E-state index in [-0.39, 0.29) is 5.91 Å². The quantitative estimate of drug-likeness (QED) is 0.782. The van der Waals surface area contributed by atoms with Crippen LogP contribution in [0.5, 0.6) is 0 Å². The van der Waals surface area contributed by atoms with Gasteiger partial charge in [-0.1, -0.05) is 30.3 Å². The second-order valence-corrected chi connectivity index (χ2v) is 8.39. The molecule has 1 amide bonds. The highest BCUT2D eigenvalue weighted by molar-refractivity contribution is 5.78. The molecular weight excluding hydrogens is 362 g/mol. The van der Waals surface area contributed by atoms with E-state index in [1.54, 1.807) is 0 Å². The zero-order chi connectivity index (χ0) is 20.2. The third kappa shape index (κ3) is 4.58. The topological polar surface area (TPSA) is 52.6 Å². The molecule has 6 heteroatoms. The van der Waals surface area contributed by atoms with E-state index >= 15 is 0 Å². The molecule has 3 heterocycles. The number of rotatable bonds is 5. The van der Waals surface area contributed by atoms with Crippen LogP contribution >= 0.6 is 0 Å². The van der Waals surface area contributed by atoms with E-state index in [9.17, 15) is 4.79 Å². The summed E-state index contributed by atoms with van der Waals surface area (Å²) in [5, 5.41) is 0. The van der Waals surface area contributed by atoms with Gasteiger partial charge in [0.1, 0.15) is 0 Å². The number of benzene rings is 1. The molecule has 6 nitrogen and oxygen atoms in total. The lowest BCUT2D eigenvalue weighted by molar-refractivity contribution is -0.131. The number of likely N-dealkylation sites (tertiary alicyclic amines) is 2. The van der Waals surface area contributed by atoms with Gasteiger partial charge in [0, 0.05) is 51.4 Å². The van der Waals surface area contributed by atoms with Gasteiger partial charge in [-0.25, -0.2) is 9.97 Å². The molecule has 2 aromatic rings. The molecule has 1 unspecified atom stereocenters. The Bertz CT molecular complexity index is 832. The second kappa shape index (κ2) is 8.91. The van der Waals surface area contributed by atoms with Crippen LogP contribution in [-0.4, -0.2) is 72.5 Å². The third-order valence-electron chi connectivity index (χ3n) is 6.00. The number of carbonyl (C=O) groups excluding carboxylic acids is 1. The van der Waals surface area contributed by atoms with Crippen LogP contribution < -0.4 is 4.90 Å². The van der Waals surface area contributed by atoms with Gasteiger partial charge in [0.05, 0.1) is 12.2 Å². The molecule has 29 heavy (non-hydrogen) atoms. The summed E-state index contributed by atoms with van der Waals surface area (Å²) in [6.07, 6.45) is 6.43. The molecular formula is C23H31N5O. The van der Waals surface area contributed by atoms with Crippen LogP contribution in [0, 0.1) is 0 Å². The lowest BCUT2D eigenvalue weighted by Crippen LogP contribution is -2.43. The lowest BCUT2D eigenvalue weighted by Gasteiger charge is -2.34. The predicted octanol–water partition coefficient (Wildman–Crippen LogP) is 3.01. The Morgan fingerprint density at radius 1 is 1.10 bits per heavy atom. The molecule has 1 atom stereocenters. The molecule has 0 bridgehead atoms. The summed E-state index contributed by atoms with van der Waals surface area (Å²) in [6, 6.07) is 10.4. The first-order valence-electron chi connectivity index (χ1n) is 10.7. The Hall–Kier alpha value is -2.47. The minimum absolute atomic E-state index is 0.281. The normalized spacial score (nSPS) is 20.1. The SMILES string of the molecule is CN(C)c1ncc(-c2ccccc2)c(C2CCCN(CC(=O)N3CCCC3)C2)n1. The van der Waals surface area contributed by atoms with Gasteiger partial charge in [-0.2, -0.15) is 0 Å². The van der Waals surface area contributed by atoms with Crippen LogP contribution in [-0.2, 0) is 4.79 Å². The number of nitrogens with zero attached hydrogens (tertiary/aromatic N) is 5. The lowest BCUT2D eigenvalue weighted by atomic mass is 9.90. The Morgan fingerprint density at radius 3 is 2.59 bits per heavy atom. The van der Waals surface area contributed by atoms with Crippen LogP contribution in [0.4, 0.5) is 5.95 Å². The molecule has 1 aromatic heterocycles. The summed E-state index contributed by atoms with van der Waals surface area (Å²) >= 11 is 0. The molecule has 1 aromatic carbocycles. The fourth-order valence-corrected chi connectivity index (χ4v) is 4.43. The standard InChI is InChI=1S/C23H31N5O/c1-26(2)23-24-15-20(18-9-4-3-5-10-18)22(25-23)19-11-8-12-27(16-19)17-21(29)28-13-6-7-14-28/h3-5,9-10,15,19H,6-8,11-14,16-17H2,1-2H3. The maximum absolute atomic E-state index is 12.6. The maximum Gasteiger partial charge on any atom is 0.236 e. The summed E-state index contributed by atoms with van der Waals surface area (Å²) in [5.74, 6) is 1.33. The van der Waals surface area contributed by atoms with Crippen LogP contribution in [0.1, 0.15) is 37.3 Å². The Labute approximate surface area is 173 Å². The Kier molecular flexibility index (Phi) is 6.09. The fraction of sp³-hybridized carbons (Fsp3) is 0.522. The summed E-state index contributed by atoms with van der Waals surface area (Å²) in [7, 11) is 3.95. The smallest absolute Gasteiger partial charge is 0.236 e. The van der Waals surface area contributed by atoms with Crippen molar-refractivity contribution in [2.24, 2.45) is 0 Å². The highest BCUT2D eigenvalue weighted by Crippen LogP contribution is 2.33. The molecule has 2 fully saturated rings. The van der Waals surface area contributed by atoms with Gasteiger partial charge in [0.15, 0.2) is 0 Å². The maximum atomic E-state index is 12.6. The van der Waals surface area contributed by atoms with Gasteiger partial charge in [0.2, 0.25) is 11.9 Å². The third-order valence-corrected chi connectivity index (χ3v) is 6.00. The predicted molar refractivity (Wildman–Crippen MR) is 116 cm³/mol. The Morgan fingerprint density at radius 2 is 1.86 bits per heavy atom. The molecule has 2 aliphatic rings. The minimum Gasteiger partial charge on any atom is -0.347 e. The summed E-state index contributed by atoms with van der Waals surface area (Å²) in [6.45, 7) is 4.24. The molecule has 2 aliphatic heterocycles. The average molecular weight is 394 g/mol. The summed E-state index contributed by atoms with van der Waals surface area (Å²) < 4.78 is 0. The Balaban J connectivity index is 1.57. The number of carbonyl (C=O) groups is 1. The number of hydrogen-bond acceptors (Lipinski definition) is 5. The first-order chi connectivity index (χ1) is 14.1. The fourth-order valence-electron chi connectivity index (χ4n) is 4.43. The number of amides is 1. The molecule has 2 saturated heterocycles. The van der Waals surface area contributed by atoms with Crippen LogP contribution in [0.3, 0.4) is 0 Å². The van der Waals surface area contributed by atoms with Crippen LogP contribution in [0.2, 0.25) is 0 Å². The second-order valence-electron chi connectivity index (χ2n) is 8.39. The number of hydrogen-bond donors (Lipinski definition) is 0. The number of anilines is 1. The van der Waals surface area contributed by atoms with Crippen molar-refractivity contribution >= 4 is 11.9 Å². The van der Waals surface area contributed by atoms with E-state index in [0.29, 0.717) is 12.5 Å². The highest BCUT2D eigenvalue weighted by Gasteiger charge is 2.28. The van der Waals surface area contributed by atoms with E-state index in [1.165, 1.54) is 0 Å². The average Bonchev–Trinajstić information content (AvgIpc) is 3.29. The van der Waals surface area contributed by atoms with Gasteiger partial charge in [-0.05, 0) is 37.8 Å². The molecule has 4 rings (SSSR count). The van der Waals surface area contributed by atoms with Gasteiger partial charge in [-0.3, -0.25) is 9.69 Å². The minimum atomic E-state index is 0.281. The van der Waals surface area contributed by atoms with Crippen molar-refractivity contribution in [3.63, 3.8) is 0 Å². The first-order valence-corrected chi connectivity index (χ1v) is 10.7. The van der Waals surface area contributed by atoms with E-state index in [2.05, 4.69) is 34.1 Å². The van der Waals surface area contributed by atoms with E-state index in [1.807, 2.05) is 36.2 Å². The number of aromatic nitrogens is 2. The molecule has 0 radical (unpaired) electrons. The van der Waals surface area contributed by atoms with Crippen molar-refractivity contribution < 1.29 is 4.79 Å². The summed E-state index contributed by atoms with van der Waals surface area (Å²) in [5.41, 5.74) is 3.36. The van der Waals surface area contributed by atoms with Crippen LogP contribution in [0.25, 0.3) is 11.1 Å². The van der Waals surface area contributed by atoms with E-state index in [0.717, 1.165) is 74.6 Å². The van der Waals surface area contributed by atoms with E-state index in [4.69, 9.17) is 4.98 Å². The van der Waals surface area contributed by atoms with Crippen molar-refractivity contribution in [1.29, 1.82) is 0 Å². The molecule has 0 aliphatic carbocycles. The zero-order valence-electron chi connectivity index (χ0n) is 17.5. The highest BCUT2D eigenvalue weighted by atomic mass is 16.2. The molecule has 0 spiro atoms. The van der Waals surface area contributed by atoms with E-state index < -0.39 is 0 Å². The van der Waals surface area contributed by atoms with Crippen molar-refractivity contribution in [2.45, 2.75) is 31.6 Å². The van der Waals surface area contributed by atoms with Gasteiger partial charge in [0.25, 0.3) is 0 Å². The van der Waals surface area contributed by atoms with Crippen molar-refractivity contribution in [3.8, 4) is 11.1 Å². The van der Waals surface area contributed by atoms with Crippen LogP contribution in [0.15, 0.2) is 36.5 Å². The molecule has 154 valence electrons. The van der Waals surface area contributed by atoms with Crippen molar-refractivity contribution in [1.82, 2.24) is 19.8 Å². The zero-order valence-corrected chi connectivity index (χ0v) is 17.5. The molecule has 0 saturated carbocycles. The molecule has 0 N–H and O–H groups in total. The monoisotopic (exact) mass is 393 g/mol. The summed E-state index contributed by atoms with van der Waals surface area (Å²) in [4.78, 5) is 28.5. The van der Waals surface area contributed by atoms with Crippen molar-refractivity contribution in [2.75, 3.05) is 51.7 Å². The van der Waals surface area contributed by atoms with Gasteiger partial charge < -0.3 is 9.80 Å². The van der Waals surface area contributed by atoms with Gasteiger partial charge >= 0.3 is 0 Å². The largest absolute Gasteiger partial charge is 0.347 e. The first kappa shape index (κ1) is 19.8. The van der Waals surface area contributed by atoms with Gasteiger partial charge in [-0.15, -0.1) is 0 Å².